The van der Waals surface area contributed by atoms with Crippen molar-refractivity contribution in [3.8, 4) is 0 Å². The van der Waals surface area contributed by atoms with Gasteiger partial charge in [-0.05, 0) is 19.1 Å². The predicted octanol–water partition coefficient (Wildman–Crippen LogP) is 2.46. The van der Waals surface area contributed by atoms with Crippen molar-refractivity contribution in [2.45, 2.75) is 19.1 Å². The minimum Gasteiger partial charge on any atom is -0.346 e. The summed E-state index contributed by atoms with van der Waals surface area (Å²) in [4.78, 5) is 14.9. The zero-order chi connectivity index (χ0) is 13.9. The van der Waals surface area contributed by atoms with E-state index in [0.717, 1.165) is 12.3 Å². The molecule has 0 unspecified atom stereocenters. The van der Waals surface area contributed by atoms with Crippen LogP contribution in [0.5, 0.6) is 0 Å². The highest BCUT2D eigenvalue weighted by Gasteiger charge is 2.32. The van der Waals surface area contributed by atoms with E-state index in [9.17, 15) is 13.2 Å². The summed E-state index contributed by atoms with van der Waals surface area (Å²) in [6.45, 7) is 1.74. The first-order valence-electron chi connectivity index (χ1n) is 5.39. The van der Waals surface area contributed by atoms with Gasteiger partial charge in [-0.2, -0.15) is 13.2 Å². The number of nitrogens with zero attached hydrogens (tertiary/aromatic N) is 4. The minimum atomic E-state index is -4.49. The van der Waals surface area contributed by atoms with Gasteiger partial charge in [0.1, 0.15) is 12.0 Å². The first-order valence-corrected chi connectivity index (χ1v) is 5.39. The van der Waals surface area contributed by atoms with Gasteiger partial charge < -0.3 is 5.32 Å². The molecular weight excluding hydrogens is 259 g/mol. The fourth-order valence-electron chi connectivity index (χ4n) is 1.41. The van der Waals surface area contributed by atoms with Gasteiger partial charge >= 0.3 is 6.18 Å². The molecule has 0 saturated carbocycles. The van der Waals surface area contributed by atoms with E-state index in [0.29, 0.717) is 5.69 Å². The highest BCUT2D eigenvalue weighted by molar-refractivity contribution is 5.29. The third-order valence-electron chi connectivity index (χ3n) is 2.34. The van der Waals surface area contributed by atoms with Gasteiger partial charge in [-0.1, -0.05) is 0 Å². The smallest absolute Gasteiger partial charge is 0.346 e. The summed E-state index contributed by atoms with van der Waals surface area (Å²) in [6.07, 6.45) is -0.517. The van der Waals surface area contributed by atoms with E-state index in [4.69, 9.17) is 0 Å². The zero-order valence-corrected chi connectivity index (χ0v) is 9.89. The molecule has 0 aliphatic rings. The third kappa shape index (κ3) is 3.36. The van der Waals surface area contributed by atoms with E-state index in [1.54, 1.807) is 19.2 Å². The number of hydrogen-bond acceptors (Lipinski definition) is 5. The van der Waals surface area contributed by atoms with Crippen molar-refractivity contribution in [3.63, 3.8) is 0 Å². The van der Waals surface area contributed by atoms with Gasteiger partial charge in [-0.25, -0.2) is 19.9 Å². The topological polar surface area (TPSA) is 63.6 Å². The number of halogens is 3. The van der Waals surface area contributed by atoms with Gasteiger partial charge in [0.25, 0.3) is 0 Å². The van der Waals surface area contributed by atoms with Crippen LogP contribution in [0, 0.1) is 0 Å². The Morgan fingerprint density at radius 3 is 2.58 bits per heavy atom. The second kappa shape index (κ2) is 5.17. The molecule has 0 radical (unpaired) electrons. The van der Waals surface area contributed by atoms with Crippen molar-refractivity contribution >= 4 is 5.95 Å². The van der Waals surface area contributed by atoms with Crippen LogP contribution in [0.15, 0.2) is 30.9 Å². The van der Waals surface area contributed by atoms with Crippen LogP contribution in [0.2, 0.25) is 0 Å². The van der Waals surface area contributed by atoms with Crippen molar-refractivity contribution in [1.29, 1.82) is 0 Å². The number of alkyl halides is 3. The predicted molar refractivity (Wildman–Crippen MR) is 61.1 cm³/mol. The van der Waals surface area contributed by atoms with E-state index in [1.807, 2.05) is 0 Å². The van der Waals surface area contributed by atoms with Crippen molar-refractivity contribution < 1.29 is 13.2 Å². The molecule has 2 aromatic rings. The third-order valence-corrected chi connectivity index (χ3v) is 2.34. The molecule has 19 heavy (non-hydrogen) atoms. The molecule has 1 N–H and O–H groups in total. The Bertz CT molecular complexity index is 544. The molecule has 0 bridgehead atoms. The van der Waals surface area contributed by atoms with E-state index in [2.05, 4.69) is 25.3 Å². The SMILES string of the molecule is C[C@H](Nc1nccc(C(F)(F)F)n1)c1ccncn1. The van der Waals surface area contributed by atoms with E-state index < -0.39 is 11.9 Å². The molecule has 2 rings (SSSR count). The molecule has 0 amide bonds. The Hall–Kier alpha value is -2.25. The van der Waals surface area contributed by atoms with Crippen molar-refractivity contribution in [1.82, 2.24) is 19.9 Å². The van der Waals surface area contributed by atoms with Crippen LogP contribution in [0.25, 0.3) is 0 Å². The lowest BCUT2D eigenvalue weighted by Crippen LogP contribution is -2.14. The highest BCUT2D eigenvalue weighted by Crippen LogP contribution is 2.27. The van der Waals surface area contributed by atoms with Crippen LogP contribution in [-0.4, -0.2) is 19.9 Å². The summed E-state index contributed by atoms with van der Waals surface area (Å²) in [5.74, 6) is -0.0964. The molecule has 1 atom stereocenters. The Kier molecular flexibility index (Phi) is 3.59. The minimum absolute atomic E-state index is 0.0964. The molecular formula is C11H10F3N5. The lowest BCUT2D eigenvalue weighted by atomic mass is 10.2. The highest BCUT2D eigenvalue weighted by atomic mass is 19.4. The van der Waals surface area contributed by atoms with Gasteiger partial charge in [0.15, 0.2) is 0 Å². The normalized spacial score (nSPS) is 13.1. The molecule has 8 heteroatoms. The second-order valence-corrected chi connectivity index (χ2v) is 3.76. The van der Waals surface area contributed by atoms with Crippen molar-refractivity contribution in [2.75, 3.05) is 5.32 Å². The molecule has 0 aliphatic carbocycles. The Morgan fingerprint density at radius 1 is 1.16 bits per heavy atom. The maximum Gasteiger partial charge on any atom is 0.433 e. The molecule has 5 nitrogen and oxygen atoms in total. The average Bonchev–Trinajstić information content (AvgIpc) is 2.39. The number of nitrogens with one attached hydrogen (secondary N) is 1. The van der Waals surface area contributed by atoms with Gasteiger partial charge in [-0.15, -0.1) is 0 Å². The van der Waals surface area contributed by atoms with Crippen LogP contribution in [0.1, 0.15) is 24.4 Å². The van der Waals surface area contributed by atoms with Crippen LogP contribution in [0.3, 0.4) is 0 Å². The van der Waals surface area contributed by atoms with Crippen LogP contribution in [-0.2, 0) is 6.18 Å². The molecule has 100 valence electrons. The van der Waals surface area contributed by atoms with E-state index in [-0.39, 0.29) is 12.0 Å². The summed E-state index contributed by atoms with van der Waals surface area (Å²) in [5, 5.41) is 2.76. The van der Waals surface area contributed by atoms with Crippen LogP contribution < -0.4 is 5.32 Å². The van der Waals surface area contributed by atoms with Gasteiger partial charge in [0, 0.05) is 12.4 Å². The molecule has 2 aromatic heterocycles. The zero-order valence-electron chi connectivity index (χ0n) is 9.89. The molecule has 0 aromatic carbocycles. The van der Waals surface area contributed by atoms with Crippen molar-refractivity contribution in [3.05, 3.63) is 42.2 Å². The lowest BCUT2D eigenvalue weighted by Gasteiger charge is -2.13. The second-order valence-electron chi connectivity index (χ2n) is 3.76. The maximum absolute atomic E-state index is 12.5. The Balaban J connectivity index is 2.16. The van der Waals surface area contributed by atoms with Gasteiger partial charge in [0.2, 0.25) is 5.95 Å². The van der Waals surface area contributed by atoms with Crippen LogP contribution >= 0.6 is 0 Å². The summed E-state index contributed by atoms with van der Waals surface area (Å²) in [7, 11) is 0. The number of aromatic nitrogens is 4. The monoisotopic (exact) mass is 269 g/mol. The first kappa shape index (κ1) is 13.2. The average molecular weight is 269 g/mol. The largest absolute Gasteiger partial charge is 0.433 e. The van der Waals surface area contributed by atoms with Gasteiger partial charge in [0.05, 0.1) is 11.7 Å². The molecule has 0 saturated heterocycles. The Morgan fingerprint density at radius 2 is 1.95 bits per heavy atom. The standard InChI is InChI=1S/C11H10F3N5/c1-7(8-2-4-15-6-17-8)18-10-16-5-3-9(19-10)11(12,13)14/h2-7H,1H3,(H,16,18,19)/t7-/m0/s1. The number of rotatable bonds is 3. The summed E-state index contributed by atoms with van der Waals surface area (Å²) in [5.41, 5.74) is -0.351. The molecule has 2 heterocycles. The quantitative estimate of drug-likeness (QED) is 0.927. The molecule has 0 spiro atoms. The number of hydrogen-bond donors (Lipinski definition) is 1. The van der Waals surface area contributed by atoms with Crippen molar-refractivity contribution in [2.24, 2.45) is 0 Å². The Labute approximate surface area is 107 Å². The molecule has 0 fully saturated rings. The summed E-state index contributed by atoms with van der Waals surface area (Å²) in [6, 6.07) is 2.15. The van der Waals surface area contributed by atoms with Crippen LogP contribution in [0.4, 0.5) is 19.1 Å². The summed E-state index contributed by atoms with van der Waals surface area (Å²) >= 11 is 0. The van der Waals surface area contributed by atoms with Gasteiger partial charge in [-0.3, -0.25) is 0 Å². The summed E-state index contributed by atoms with van der Waals surface area (Å²) < 4.78 is 37.5. The maximum atomic E-state index is 12.5. The van der Waals surface area contributed by atoms with E-state index in [1.165, 1.54) is 6.33 Å². The first-order chi connectivity index (χ1) is 8.97. The number of anilines is 1. The molecule has 0 aliphatic heterocycles. The van der Waals surface area contributed by atoms with E-state index >= 15 is 0 Å². The fraction of sp³-hybridized carbons (Fsp3) is 0.273. The fourth-order valence-corrected chi connectivity index (χ4v) is 1.41. The lowest BCUT2D eigenvalue weighted by molar-refractivity contribution is -0.141.